The Morgan fingerprint density at radius 2 is 2.36 bits per heavy atom. The molecule has 0 saturated heterocycles. The van der Waals surface area contributed by atoms with Crippen LogP contribution in [-0.4, -0.2) is 20.9 Å². The predicted molar refractivity (Wildman–Crippen MR) is 42.7 cm³/mol. The lowest BCUT2D eigenvalue weighted by atomic mass is 10.6. The molecule has 1 rings (SSSR count). The van der Waals surface area contributed by atoms with Gasteiger partial charge in [-0.1, -0.05) is 0 Å². The number of oxime groups is 1. The second kappa shape index (κ2) is 3.67. The fourth-order valence-electron chi connectivity index (χ4n) is 0.508. The number of rotatable bonds is 0. The Morgan fingerprint density at radius 1 is 1.73 bits per heavy atom. The third kappa shape index (κ3) is 2.01. The van der Waals surface area contributed by atoms with Gasteiger partial charge in [0.15, 0.2) is 0 Å². The van der Waals surface area contributed by atoms with Crippen LogP contribution in [0.4, 0.5) is 5.69 Å². The molecular weight excluding hydrogens is 170 g/mol. The van der Waals surface area contributed by atoms with E-state index in [4.69, 9.17) is 16.7 Å². The van der Waals surface area contributed by atoms with Crippen LogP contribution in [0.5, 0.6) is 0 Å². The molecule has 11 heavy (non-hydrogen) atoms. The number of nitrogen functional groups attached to an aromatic ring is 1. The Morgan fingerprint density at radius 3 is 2.73 bits per heavy atom. The van der Waals surface area contributed by atoms with Gasteiger partial charge in [-0.15, -0.1) is 12.4 Å². The lowest BCUT2D eigenvalue weighted by Crippen LogP contribution is -2.22. The zero-order chi connectivity index (χ0) is 7.56. The maximum atomic E-state index is 8.16. The van der Waals surface area contributed by atoms with Crippen molar-refractivity contribution in [2.45, 2.75) is 0 Å². The maximum absolute atomic E-state index is 8.16. The molecule has 0 amide bonds. The first-order valence-electron chi connectivity index (χ1n) is 2.52. The zero-order valence-corrected chi connectivity index (χ0v) is 6.32. The normalized spacial score (nSPS) is 10.7. The van der Waals surface area contributed by atoms with Gasteiger partial charge in [-0.3, -0.25) is 0 Å². The van der Waals surface area contributed by atoms with Gasteiger partial charge in [0.1, 0.15) is 0 Å². The van der Waals surface area contributed by atoms with E-state index >= 15 is 0 Å². The number of aromatic nitrogens is 2. The van der Waals surface area contributed by atoms with Crippen LogP contribution in [0.1, 0.15) is 0 Å². The molecule has 1 aromatic rings. The lowest BCUT2D eigenvalue weighted by Gasteiger charge is -1.93. The highest BCUT2D eigenvalue weighted by Gasteiger charge is 1.96. The highest BCUT2D eigenvalue weighted by Crippen LogP contribution is 1.95. The number of hydrogen-bond acceptors (Lipinski definition) is 4. The van der Waals surface area contributed by atoms with Crippen molar-refractivity contribution >= 4 is 24.1 Å². The fourth-order valence-corrected chi connectivity index (χ4v) is 0.508. The van der Waals surface area contributed by atoms with Crippen molar-refractivity contribution in [1.82, 2.24) is 9.78 Å². The molecule has 0 aliphatic carbocycles. The Labute approximate surface area is 68.9 Å². The van der Waals surface area contributed by atoms with Crippen LogP contribution in [0.2, 0.25) is 0 Å². The zero-order valence-electron chi connectivity index (χ0n) is 5.51. The summed E-state index contributed by atoms with van der Waals surface area (Å²) in [5, 5.41) is 14.5. The largest absolute Gasteiger partial charge is 0.408 e. The summed E-state index contributed by atoms with van der Waals surface area (Å²) in [5.41, 5.74) is 10.9. The van der Waals surface area contributed by atoms with E-state index in [2.05, 4.69) is 10.3 Å². The van der Waals surface area contributed by atoms with Crippen molar-refractivity contribution in [3.8, 4) is 0 Å². The number of nitrogens with two attached hydrogens (primary N) is 2. The van der Waals surface area contributed by atoms with E-state index in [0.717, 1.165) is 4.68 Å². The summed E-state index contributed by atoms with van der Waals surface area (Å²) in [7, 11) is 0. The molecule has 6 nitrogen and oxygen atoms in total. The van der Waals surface area contributed by atoms with Crippen LogP contribution < -0.4 is 11.5 Å². The van der Waals surface area contributed by atoms with E-state index in [1.807, 2.05) is 0 Å². The number of hydrogen-bond donors (Lipinski definition) is 3. The minimum atomic E-state index is -0.114. The predicted octanol–water partition coefficient (Wildman–Crippen LogP) is -0.561. The average Bonchev–Trinajstić information content (AvgIpc) is 2.34. The highest BCUT2D eigenvalue weighted by molar-refractivity contribution is 5.85. The highest BCUT2D eigenvalue weighted by atomic mass is 35.5. The molecule has 1 heterocycles. The van der Waals surface area contributed by atoms with Gasteiger partial charge < -0.3 is 16.7 Å². The van der Waals surface area contributed by atoms with Gasteiger partial charge >= 0.3 is 0 Å². The summed E-state index contributed by atoms with van der Waals surface area (Å²) >= 11 is 0. The SMILES string of the molecule is Cl.NC(=NO)n1cc(N)cn1. The molecule has 0 spiro atoms. The second-order valence-electron chi connectivity index (χ2n) is 1.68. The summed E-state index contributed by atoms with van der Waals surface area (Å²) in [5.74, 6) is -0.114. The van der Waals surface area contributed by atoms with Gasteiger partial charge in [0.2, 0.25) is 0 Å². The maximum Gasteiger partial charge on any atom is 0.258 e. The van der Waals surface area contributed by atoms with Crippen LogP contribution in [0.3, 0.4) is 0 Å². The number of nitrogens with zero attached hydrogens (tertiary/aromatic N) is 3. The first-order valence-corrected chi connectivity index (χ1v) is 2.52. The summed E-state index contributed by atoms with van der Waals surface area (Å²) in [4.78, 5) is 0. The van der Waals surface area contributed by atoms with Crippen molar-refractivity contribution in [1.29, 1.82) is 0 Å². The molecule has 0 aromatic carbocycles. The van der Waals surface area contributed by atoms with Crippen LogP contribution >= 0.6 is 12.4 Å². The van der Waals surface area contributed by atoms with E-state index in [0.29, 0.717) is 5.69 Å². The first kappa shape index (κ1) is 9.57. The van der Waals surface area contributed by atoms with Gasteiger partial charge in [-0.2, -0.15) is 5.10 Å². The van der Waals surface area contributed by atoms with Crippen molar-refractivity contribution in [3.05, 3.63) is 12.4 Å². The summed E-state index contributed by atoms with van der Waals surface area (Å²) in [6, 6.07) is 0. The molecule has 0 fully saturated rings. The smallest absolute Gasteiger partial charge is 0.258 e. The van der Waals surface area contributed by atoms with Crippen molar-refractivity contribution in [3.63, 3.8) is 0 Å². The van der Waals surface area contributed by atoms with Crippen molar-refractivity contribution in [2.75, 3.05) is 5.73 Å². The van der Waals surface area contributed by atoms with E-state index in [1.165, 1.54) is 12.4 Å². The van der Waals surface area contributed by atoms with Gasteiger partial charge in [-0.05, 0) is 5.16 Å². The molecule has 1 aromatic heterocycles. The van der Waals surface area contributed by atoms with Gasteiger partial charge in [0, 0.05) is 0 Å². The molecular formula is C4H8ClN5O. The van der Waals surface area contributed by atoms with Gasteiger partial charge in [0.05, 0.1) is 18.1 Å². The van der Waals surface area contributed by atoms with Crippen molar-refractivity contribution in [2.24, 2.45) is 10.9 Å². The minimum absolute atomic E-state index is 0. The lowest BCUT2D eigenvalue weighted by molar-refractivity contribution is 0.315. The molecule has 0 aliphatic rings. The topological polar surface area (TPSA) is 102 Å². The molecule has 0 saturated carbocycles. The van der Waals surface area contributed by atoms with E-state index < -0.39 is 0 Å². The Balaban J connectivity index is 0.000001000. The number of anilines is 1. The second-order valence-corrected chi connectivity index (χ2v) is 1.68. The van der Waals surface area contributed by atoms with E-state index in [1.54, 1.807) is 0 Å². The van der Waals surface area contributed by atoms with E-state index in [9.17, 15) is 0 Å². The van der Waals surface area contributed by atoms with Gasteiger partial charge in [0.25, 0.3) is 5.96 Å². The molecule has 62 valence electrons. The van der Waals surface area contributed by atoms with Crippen LogP contribution in [0.25, 0.3) is 0 Å². The third-order valence-corrected chi connectivity index (χ3v) is 0.940. The summed E-state index contributed by atoms with van der Waals surface area (Å²) < 4.78 is 1.16. The molecule has 7 heteroatoms. The third-order valence-electron chi connectivity index (χ3n) is 0.940. The molecule has 0 bridgehead atoms. The van der Waals surface area contributed by atoms with E-state index in [-0.39, 0.29) is 18.4 Å². The molecule has 0 radical (unpaired) electrons. The molecule has 0 atom stereocenters. The first-order chi connectivity index (χ1) is 4.74. The average molecular weight is 178 g/mol. The standard InChI is InChI=1S/C4H7N5O.ClH/c5-3-1-7-9(2-3)4(6)8-10;/h1-2,10H,5H2,(H2,6,8);1H. The monoisotopic (exact) mass is 177 g/mol. The van der Waals surface area contributed by atoms with Gasteiger partial charge in [-0.25, -0.2) is 4.68 Å². The van der Waals surface area contributed by atoms with Crippen LogP contribution in [0, 0.1) is 0 Å². The van der Waals surface area contributed by atoms with Crippen LogP contribution in [-0.2, 0) is 0 Å². The molecule has 0 aliphatic heterocycles. The number of halogens is 1. The molecule has 5 N–H and O–H groups in total. The Kier molecular flexibility index (Phi) is 3.19. The van der Waals surface area contributed by atoms with Crippen LogP contribution in [0.15, 0.2) is 17.5 Å². The Hall–Kier alpha value is -1.43. The fraction of sp³-hybridized carbons (Fsp3) is 0. The Bertz CT molecular complexity index is 257. The minimum Gasteiger partial charge on any atom is -0.408 e. The van der Waals surface area contributed by atoms with Crippen molar-refractivity contribution < 1.29 is 5.21 Å². The molecule has 0 unspecified atom stereocenters. The quantitative estimate of drug-likeness (QED) is 0.214. The summed E-state index contributed by atoms with van der Waals surface area (Å²) in [6.45, 7) is 0. The summed E-state index contributed by atoms with van der Waals surface area (Å²) in [6.07, 6.45) is 2.84.